The number of aryl methyl sites for hydroxylation is 1. The Hall–Kier alpha value is -1.84. The summed E-state index contributed by atoms with van der Waals surface area (Å²) in [6.07, 6.45) is 4.01. The maximum atomic E-state index is 11.7. The van der Waals surface area contributed by atoms with E-state index in [9.17, 15) is 9.59 Å². The van der Waals surface area contributed by atoms with Crippen LogP contribution in [0.4, 0.5) is 0 Å². The van der Waals surface area contributed by atoms with Crippen molar-refractivity contribution in [2.24, 2.45) is 0 Å². The molecule has 0 bridgehead atoms. The van der Waals surface area contributed by atoms with Gasteiger partial charge in [0.05, 0.1) is 6.61 Å². The van der Waals surface area contributed by atoms with Crippen molar-refractivity contribution < 1.29 is 19.4 Å². The van der Waals surface area contributed by atoms with Gasteiger partial charge in [0.2, 0.25) is 0 Å². The number of hydrogen-bond acceptors (Lipinski definition) is 3. The van der Waals surface area contributed by atoms with Crippen molar-refractivity contribution in [1.29, 1.82) is 0 Å². The number of ketones is 1. The van der Waals surface area contributed by atoms with Gasteiger partial charge in [-0.05, 0) is 49.4 Å². The highest BCUT2D eigenvalue weighted by Gasteiger charge is 2.17. The number of benzene rings is 1. The van der Waals surface area contributed by atoms with Crippen LogP contribution in [-0.4, -0.2) is 23.5 Å². The van der Waals surface area contributed by atoms with Crippen molar-refractivity contribution in [3.8, 4) is 5.75 Å². The Balaban J connectivity index is 1.85. The summed E-state index contributed by atoms with van der Waals surface area (Å²) >= 11 is 0. The Bertz CT molecular complexity index is 479. The van der Waals surface area contributed by atoms with Crippen LogP contribution < -0.4 is 4.74 Å². The Morgan fingerprint density at radius 2 is 2.11 bits per heavy atom. The SMILES string of the molecule is O=C(O)CCCCOc1ccc2c(c1)CCCC2=O. The highest BCUT2D eigenvalue weighted by Crippen LogP contribution is 2.25. The average Bonchev–Trinajstić information content (AvgIpc) is 2.38. The highest BCUT2D eigenvalue weighted by molar-refractivity contribution is 5.98. The lowest BCUT2D eigenvalue weighted by Gasteiger charge is -2.15. The fourth-order valence-electron chi connectivity index (χ4n) is 2.28. The number of hydrogen-bond donors (Lipinski definition) is 1. The van der Waals surface area contributed by atoms with E-state index in [0.717, 1.165) is 36.1 Å². The maximum Gasteiger partial charge on any atom is 0.303 e. The fraction of sp³-hybridized carbons (Fsp3) is 0.467. The van der Waals surface area contributed by atoms with Crippen molar-refractivity contribution in [3.63, 3.8) is 0 Å². The van der Waals surface area contributed by atoms with Crippen molar-refractivity contribution in [3.05, 3.63) is 29.3 Å². The molecule has 0 amide bonds. The number of aliphatic carboxylic acids is 1. The highest BCUT2D eigenvalue weighted by atomic mass is 16.5. The van der Waals surface area contributed by atoms with Crippen molar-refractivity contribution in [2.45, 2.75) is 38.5 Å². The van der Waals surface area contributed by atoms with Gasteiger partial charge in [-0.15, -0.1) is 0 Å². The number of carbonyl (C=O) groups excluding carboxylic acids is 1. The normalized spacial score (nSPS) is 14.0. The van der Waals surface area contributed by atoms with E-state index in [4.69, 9.17) is 9.84 Å². The minimum absolute atomic E-state index is 0.183. The third-order valence-corrected chi connectivity index (χ3v) is 3.28. The topological polar surface area (TPSA) is 63.6 Å². The molecule has 1 aliphatic carbocycles. The molecule has 0 heterocycles. The number of fused-ring (bicyclic) bond motifs is 1. The quantitative estimate of drug-likeness (QED) is 0.801. The Kier molecular flexibility index (Phi) is 4.55. The van der Waals surface area contributed by atoms with E-state index in [-0.39, 0.29) is 12.2 Å². The molecule has 0 aliphatic heterocycles. The van der Waals surface area contributed by atoms with Gasteiger partial charge >= 0.3 is 5.97 Å². The van der Waals surface area contributed by atoms with Crippen molar-refractivity contribution in [1.82, 2.24) is 0 Å². The molecule has 2 rings (SSSR count). The molecule has 1 aliphatic rings. The zero-order valence-electron chi connectivity index (χ0n) is 10.9. The van der Waals surface area contributed by atoms with Crippen molar-refractivity contribution in [2.75, 3.05) is 6.61 Å². The first kappa shape index (κ1) is 13.6. The van der Waals surface area contributed by atoms with Crippen LogP contribution in [0.5, 0.6) is 5.75 Å². The number of ether oxygens (including phenoxy) is 1. The van der Waals surface area contributed by atoms with Gasteiger partial charge in [-0.3, -0.25) is 9.59 Å². The maximum absolute atomic E-state index is 11.7. The van der Waals surface area contributed by atoms with Gasteiger partial charge in [0.1, 0.15) is 5.75 Å². The number of carboxylic acid groups (broad SMARTS) is 1. The second-order valence-corrected chi connectivity index (χ2v) is 4.79. The summed E-state index contributed by atoms with van der Waals surface area (Å²) in [5, 5.41) is 8.51. The Morgan fingerprint density at radius 3 is 2.89 bits per heavy atom. The van der Waals surface area contributed by atoms with E-state index >= 15 is 0 Å². The molecule has 4 heteroatoms. The number of carboxylic acids is 1. The smallest absolute Gasteiger partial charge is 0.303 e. The molecule has 0 aromatic heterocycles. The van der Waals surface area contributed by atoms with Crippen LogP contribution in [-0.2, 0) is 11.2 Å². The lowest BCUT2D eigenvalue weighted by Crippen LogP contribution is -2.10. The molecule has 0 fully saturated rings. The van der Waals surface area contributed by atoms with Gasteiger partial charge in [-0.25, -0.2) is 0 Å². The summed E-state index contributed by atoms with van der Waals surface area (Å²) < 4.78 is 5.58. The zero-order chi connectivity index (χ0) is 13.7. The van der Waals surface area contributed by atoms with Gasteiger partial charge in [0.15, 0.2) is 5.78 Å². The Labute approximate surface area is 112 Å². The molecular weight excluding hydrogens is 244 g/mol. The molecule has 1 aromatic rings. The molecule has 0 saturated carbocycles. The molecule has 1 N–H and O–H groups in total. The van der Waals surface area contributed by atoms with Gasteiger partial charge in [0.25, 0.3) is 0 Å². The molecule has 0 saturated heterocycles. The van der Waals surface area contributed by atoms with Crippen LogP contribution in [0.1, 0.15) is 48.0 Å². The van der Waals surface area contributed by atoms with Crippen LogP contribution in [0.15, 0.2) is 18.2 Å². The third kappa shape index (κ3) is 3.81. The van der Waals surface area contributed by atoms with E-state index in [0.29, 0.717) is 19.4 Å². The van der Waals surface area contributed by atoms with Crippen LogP contribution in [0.2, 0.25) is 0 Å². The predicted molar refractivity (Wildman–Crippen MR) is 70.7 cm³/mol. The zero-order valence-corrected chi connectivity index (χ0v) is 10.9. The average molecular weight is 262 g/mol. The first-order chi connectivity index (χ1) is 9.16. The first-order valence-electron chi connectivity index (χ1n) is 6.67. The predicted octanol–water partition coefficient (Wildman–Crippen LogP) is 2.84. The second kappa shape index (κ2) is 6.36. The van der Waals surface area contributed by atoms with Gasteiger partial charge in [-0.2, -0.15) is 0 Å². The molecule has 1 aromatic carbocycles. The van der Waals surface area contributed by atoms with E-state index in [2.05, 4.69) is 0 Å². The second-order valence-electron chi connectivity index (χ2n) is 4.79. The standard InChI is InChI=1S/C15H18O4/c16-14-5-3-4-11-10-12(7-8-13(11)14)19-9-2-1-6-15(17)18/h7-8,10H,1-6,9H2,(H,17,18). The van der Waals surface area contributed by atoms with Crippen molar-refractivity contribution >= 4 is 11.8 Å². The molecule has 102 valence electrons. The first-order valence-corrected chi connectivity index (χ1v) is 6.67. The molecule has 19 heavy (non-hydrogen) atoms. The van der Waals surface area contributed by atoms with E-state index in [1.807, 2.05) is 18.2 Å². The largest absolute Gasteiger partial charge is 0.494 e. The molecule has 0 unspecified atom stereocenters. The number of Topliss-reactive ketones (excluding diaryl/α,β-unsaturated/α-hetero) is 1. The Morgan fingerprint density at radius 1 is 1.26 bits per heavy atom. The minimum Gasteiger partial charge on any atom is -0.494 e. The van der Waals surface area contributed by atoms with E-state index < -0.39 is 5.97 Å². The fourth-order valence-corrected chi connectivity index (χ4v) is 2.28. The number of carbonyl (C=O) groups is 2. The summed E-state index contributed by atoms with van der Waals surface area (Å²) in [6.45, 7) is 0.514. The van der Waals surface area contributed by atoms with Crippen LogP contribution >= 0.6 is 0 Å². The van der Waals surface area contributed by atoms with Crippen LogP contribution in [0.3, 0.4) is 0 Å². The number of unbranched alkanes of at least 4 members (excludes halogenated alkanes) is 1. The molecular formula is C15H18O4. The lowest BCUT2D eigenvalue weighted by atomic mass is 9.90. The summed E-state index contributed by atoms with van der Waals surface area (Å²) in [4.78, 5) is 22.0. The van der Waals surface area contributed by atoms with Gasteiger partial charge < -0.3 is 9.84 Å². The monoisotopic (exact) mass is 262 g/mol. The molecule has 0 atom stereocenters. The summed E-state index contributed by atoms with van der Waals surface area (Å²) in [5.41, 5.74) is 1.89. The minimum atomic E-state index is -0.771. The molecule has 0 spiro atoms. The van der Waals surface area contributed by atoms with Gasteiger partial charge in [-0.1, -0.05) is 0 Å². The van der Waals surface area contributed by atoms with Crippen LogP contribution in [0, 0.1) is 0 Å². The van der Waals surface area contributed by atoms with Gasteiger partial charge in [0, 0.05) is 18.4 Å². The number of rotatable bonds is 6. The van der Waals surface area contributed by atoms with E-state index in [1.54, 1.807) is 0 Å². The third-order valence-electron chi connectivity index (χ3n) is 3.28. The summed E-state index contributed by atoms with van der Waals surface area (Å²) in [5.74, 6) is 0.213. The molecule has 4 nitrogen and oxygen atoms in total. The summed E-state index contributed by atoms with van der Waals surface area (Å²) in [6, 6.07) is 5.59. The van der Waals surface area contributed by atoms with E-state index in [1.165, 1.54) is 0 Å². The summed E-state index contributed by atoms with van der Waals surface area (Å²) in [7, 11) is 0. The lowest BCUT2D eigenvalue weighted by molar-refractivity contribution is -0.137. The molecule has 0 radical (unpaired) electrons. The van der Waals surface area contributed by atoms with Crippen LogP contribution in [0.25, 0.3) is 0 Å².